The number of nitrogens with zero attached hydrogens (tertiary/aromatic N) is 33. The topological polar surface area (TPSA) is 475 Å². The number of halogens is 5. The average Bonchev–Trinajstić information content (AvgIpc) is 1.52. The Kier molecular flexibility index (Phi) is 52.3. The SMILES string of the molecule is C.C.CC12CCC(c3c1n[n-]c3-c1nccc3ccccc13)C2(C)C.Cc1cc(-c2ccccn2)[n-]n1.Cc1cc(-c2ccccn2)[n-]n1.Cc1cc(-c2cnccn2)[n-]n1.Cc1cc(-c2cnccn2)[n-]n1.Cc1n[n-]c(-c2ccccn2)n1.Cc1n[n-]c(-c2ccccn2)n1.FC(F)(F)c1cc(-c2ccccn2)[n-]n1.O=C(O)c1ccccn1.[Cl][Pt][Cl].[Pt+2].[Pt+2].[Pt+2].[Pt+2].[Pt].c1cn[n-]c1.c1cn[n-]c1. The van der Waals surface area contributed by atoms with E-state index in [1.807, 2.05) is 131 Å². The molecule has 0 radical (unpaired) electrons. The van der Waals surface area contributed by atoms with Gasteiger partial charge in [0.15, 0.2) is 0 Å². The van der Waals surface area contributed by atoms with Gasteiger partial charge in [-0.05, 0) is 173 Å². The number of fused-ring (bicyclic) bond motifs is 6. The van der Waals surface area contributed by atoms with E-state index < -0.39 is 34.3 Å². The van der Waals surface area contributed by atoms with Crippen LogP contribution in [-0.4, -0.2) is 127 Å². The van der Waals surface area contributed by atoms with Gasteiger partial charge in [-0.1, -0.05) is 167 Å². The molecule has 46 heteroatoms. The first-order chi connectivity index (χ1) is 64.0. The Hall–Kier alpha value is -12.4. The number of alkyl halides is 3. The molecule has 0 spiro atoms. The third-order valence-electron chi connectivity index (χ3n) is 19.2. The van der Waals surface area contributed by atoms with Crippen molar-refractivity contribution in [1.82, 2.24) is 167 Å². The number of hydrogen-bond acceptors (Lipinski definition) is 24. The molecule has 1 aromatic carbocycles. The Morgan fingerprint density at radius 3 is 1.12 bits per heavy atom. The summed E-state index contributed by atoms with van der Waals surface area (Å²) >= 11 is -0.472. The molecule has 20 aromatic rings. The maximum absolute atomic E-state index is 12.2. The van der Waals surface area contributed by atoms with Crippen LogP contribution in [0.25, 0.3) is 102 Å². The summed E-state index contributed by atoms with van der Waals surface area (Å²) in [7, 11) is 9.75. The quantitative estimate of drug-likeness (QED) is 0.140. The molecule has 2 unspecified atom stereocenters. The molecule has 19 heterocycles. The molecule has 139 heavy (non-hydrogen) atoms. The summed E-state index contributed by atoms with van der Waals surface area (Å²) in [6.07, 6.45) is 26.2. The van der Waals surface area contributed by atoms with Gasteiger partial charge >= 0.3 is 132 Å². The average molecular weight is 3000 g/mol. The fourth-order valence-electron chi connectivity index (χ4n) is 12.7. The smallest absolute Gasteiger partial charge is 0.582 e. The second-order valence-electron chi connectivity index (χ2n) is 28.6. The molecule has 2 atom stereocenters. The van der Waals surface area contributed by atoms with Crippen LogP contribution in [0.15, 0.2) is 287 Å². The number of rotatable bonds is 9. The molecule has 35 nitrogen and oxygen atoms in total. The minimum Gasteiger partial charge on any atom is -0.582 e. The van der Waals surface area contributed by atoms with E-state index in [0.29, 0.717) is 34.9 Å². The third kappa shape index (κ3) is 35.8. The second-order valence-corrected chi connectivity index (χ2v) is 31.8. The minimum absolute atomic E-state index is 0. The van der Waals surface area contributed by atoms with E-state index in [0.717, 1.165) is 97.2 Å². The van der Waals surface area contributed by atoms with Gasteiger partial charge in [0.05, 0.1) is 40.9 Å². The number of carbonyl (C=O) groups is 1. The number of aromatic nitrogens is 33. The van der Waals surface area contributed by atoms with E-state index in [2.05, 4.69) is 218 Å². The zero-order chi connectivity index (χ0) is 93.5. The summed E-state index contributed by atoms with van der Waals surface area (Å²) in [5, 5.41) is 87.0. The molecule has 1 saturated carbocycles. The molecule has 1 fully saturated rings. The van der Waals surface area contributed by atoms with Crippen molar-refractivity contribution in [2.24, 2.45) is 5.41 Å². The van der Waals surface area contributed by atoms with Crippen molar-refractivity contribution in [1.29, 1.82) is 0 Å². The van der Waals surface area contributed by atoms with Crippen molar-refractivity contribution in [2.75, 3.05) is 0 Å². The van der Waals surface area contributed by atoms with Crippen LogP contribution in [0.1, 0.15) is 116 Å². The molecule has 0 amide bonds. The summed E-state index contributed by atoms with van der Waals surface area (Å²) in [6, 6.07) is 54.9. The predicted octanol–water partition coefficient (Wildman–Crippen LogP) is 16.1. The van der Waals surface area contributed by atoms with Gasteiger partial charge < -0.3 is 107 Å². The Bertz CT molecular complexity index is 6030. The van der Waals surface area contributed by atoms with E-state index in [4.69, 9.17) is 23.9 Å². The van der Waals surface area contributed by atoms with Crippen LogP contribution in [0.3, 0.4) is 0 Å². The Morgan fingerprint density at radius 2 is 0.799 bits per heavy atom. The number of pyridine rings is 7. The third-order valence-corrected chi connectivity index (χ3v) is 19.2. The van der Waals surface area contributed by atoms with Crippen LogP contribution in [0, 0.1) is 47.0 Å². The van der Waals surface area contributed by atoms with Gasteiger partial charge in [-0.3, -0.25) is 60.0 Å². The first-order valence-corrected chi connectivity index (χ1v) is 45.5. The molecule has 0 aliphatic heterocycles. The normalized spacial score (nSPS) is 12.3. The fraction of sp³-hybridized carbons (Fsp3) is 0.183. The molecular formula is C93H88Cl2F3N33O2Pt6-2. The van der Waals surface area contributed by atoms with Gasteiger partial charge in [0.25, 0.3) is 0 Å². The Morgan fingerprint density at radius 1 is 0.417 bits per heavy atom. The first-order valence-electron chi connectivity index (χ1n) is 39.8. The van der Waals surface area contributed by atoms with E-state index in [1.165, 1.54) is 53.3 Å². The maximum Gasteiger partial charge on any atom is 2.00 e. The molecule has 734 valence electrons. The summed E-state index contributed by atoms with van der Waals surface area (Å²) in [5.41, 5.74) is 16.3. The molecule has 0 saturated heterocycles. The minimum atomic E-state index is -4.46. The van der Waals surface area contributed by atoms with Gasteiger partial charge in [-0.25, -0.2) is 9.78 Å². The monoisotopic (exact) mass is 3000 g/mol. The van der Waals surface area contributed by atoms with Gasteiger partial charge in [-0.2, -0.15) is 25.6 Å². The predicted molar refractivity (Wildman–Crippen MR) is 493 cm³/mol. The molecule has 2 aliphatic carbocycles. The zero-order valence-corrected chi connectivity index (χ0v) is 88.7. The number of carboxylic acids is 1. The van der Waals surface area contributed by atoms with Gasteiger partial charge in [-0.15, -0.1) is 0 Å². The van der Waals surface area contributed by atoms with E-state index in [-0.39, 0.29) is 142 Å². The molecule has 19 aromatic heterocycles. The van der Waals surface area contributed by atoms with Crippen molar-refractivity contribution in [2.45, 2.75) is 108 Å². The summed E-state index contributed by atoms with van der Waals surface area (Å²) in [5.74, 6) is 2.09. The molecule has 1 N–H and O–H groups in total. The van der Waals surface area contributed by atoms with Crippen molar-refractivity contribution < 1.29 is 145 Å². The first kappa shape index (κ1) is 119. The Balaban J connectivity index is 0.000000322. The molecule has 2 aliphatic rings. The van der Waals surface area contributed by atoms with Crippen LogP contribution in [0.4, 0.5) is 13.2 Å². The maximum atomic E-state index is 12.2. The molecular weight excluding hydrogens is 2910 g/mol. The Labute approximate surface area is 887 Å². The van der Waals surface area contributed by atoms with Crippen LogP contribution in [0.5, 0.6) is 0 Å². The van der Waals surface area contributed by atoms with Crippen molar-refractivity contribution in [3.8, 4) is 91.4 Å². The number of carboxylic acid groups (broad SMARTS) is 1. The van der Waals surface area contributed by atoms with Gasteiger partial charge in [0.2, 0.25) is 0 Å². The van der Waals surface area contributed by atoms with E-state index in [1.54, 1.807) is 143 Å². The largest absolute Gasteiger partial charge is 2.00 e. The standard InChI is InChI=1S/C20H20N3.C9H5F3N3.2C9H8N3.4C8H7N4.C6H5NO2.2C3H3N2.2CH4.2ClH.6Pt/c1-19(2)14-8-10-20(19,3)18-15(14)17(22-23-18)16-13-7-5-4-6-12(13)9-11-21-16;10-9(11,12)8-5-7(14-15-8)6-3-1-2-4-13-6;2*1-7-6-9(12-11-7)8-4-2-3-5-10-8;2*1-6-4-7(12-11-6)8-5-9-2-3-10-8;2*1-6-10-8(12-11-6)7-4-2-3-5-9-7;8-6(9)5-3-1-2-4-7-5;2*1-2-4-5-3-1;;;;;;;;;;/h4-7,9,11,14H,8,10H2,1-3H3;1-5H;2*2-6H,1H3;4*2-5H,1H3;1-4H,(H,8,9);2*1-3H;2*1H4;2*1H;;;;;;/q8*-1;;2*-1;;;;;;5*+2/p-2. The summed E-state index contributed by atoms with van der Waals surface area (Å²) in [4.78, 5) is 63.1. The number of aromatic carboxylic acids is 1. The van der Waals surface area contributed by atoms with Crippen LogP contribution < -0.4 is 51.0 Å². The van der Waals surface area contributed by atoms with Crippen LogP contribution >= 0.6 is 18.8 Å². The van der Waals surface area contributed by atoms with Crippen molar-refractivity contribution in [3.63, 3.8) is 0 Å². The summed E-state index contributed by atoms with van der Waals surface area (Å²) in [6.45, 7) is 18.4. The zero-order valence-electron chi connectivity index (χ0n) is 73.5. The second kappa shape index (κ2) is 61.1. The number of benzene rings is 1. The van der Waals surface area contributed by atoms with Gasteiger partial charge in [0.1, 0.15) is 11.4 Å². The van der Waals surface area contributed by atoms with Crippen molar-refractivity contribution in [3.05, 3.63) is 344 Å². The van der Waals surface area contributed by atoms with Crippen LogP contribution in [0.2, 0.25) is 0 Å². The summed E-state index contributed by atoms with van der Waals surface area (Å²) < 4.78 is 36.6. The van der Waals surface area contributed by atoms with Crippen molar-refractivity contribution >= 4 is 35.6 Å². The number of hydrogen-bond donors (Lipinski definition) is 1. The van der Waals surface area contributed by atoms with Gasteiger partial charge in [0, 0.05) is 170 Å². The number of aryl methyl sites for hydroxylation is 6. The molecule has 2 bridgehead atoms. The fourth-order valence-corrected chi connectivity index (χ4v) is 12.7. The van der Waals surface area contributed by atoms with Crippen LogP contribution in [-0.2, 0) is 133 Å². The van der Waals surface area contributed by atoms with E-state index >= 15 is 0 Å². The molecule has 22 rings (SSSR count). The van der Waals surface area contributed by atoms with E-state index in [9.17, 15) is 18.0 Å².